The lowest BCUT2D eigenvalue weighted by atomic mass is 9.84. The summed E-state index contributed by atoms with van der Waals surface area (Å²) in [6.45, 7) is -0.00172. The van der Waals surface area contributed by atoms with Crippen LogP contribution in [-0.2, 0) is 17.8 Å². The van der Waals surface area contributed by atoms with Crippen LogP contribution in [0, 0.1) is 17.2 Å². The number of benzene rings is 1. The Morgan fingerprint density at radius 1 is 1.32 bits per heavy atom. The van der Waals surface area contributed by atoms with Crippen LogP contribution in [0.2, 0.25) is 0 Å². The van der Waals surface area contributed by atoms with Crippen molar-refractivity contribution in [1.29, 1.82) is 5.26 Å². The third-order valence-corrected chi connectivity index (χ3v) is 4.27. The van der Waals surface area contributed by atoms with Crippen molar-refractivity contribution in [3.05, 3.63) is 35.4 Å². The van der Waals surface area contributed by atoms with E-state index in [2.05, 4.69) is 11.4 Å². The van der Waals surface area contributed by atoms with Crippen LogP contribution < -0.4 is 11.1 Å². The molecule has 0 heterocycles. The van der Waals surface area contributed by atoms with Crippen LogP contribution in [0.25, 0.3) is 0 Å². The van der Waals surface area contributed by atoms with Crippen molar-refractivity contribution in [1.82, 2.24) is 5.32 Å². The van der Waals surface area contributed by atoms with Crippen LogP contribution in [0.15, 0.2) is 24.3 Å². The summed E-state index contributed by atoms with van der Waals surface area (Å²) >= 11 is 0. The van der Waals surface area contributed by atoms with Gasteiger partial charge < -0.3 is 16.2 Å². The molecule has 1 fully saturated rings. The maximum Gasteiger partial charge on any atom is 0.225 e. The van der Waals surface area contributed by atoms with Gasteiger partial charge in [0.25, 0.3) is 0 Å². The van der Waals surface area contributed by atoms with Gasteiger partial charge in [0, 0.05) is 12.5 Å². The van der Waals surface area contributed by atoms with Gasteiger partial charge in [0.05, 0.1) is 18.6 Å². The number of carbonyl (C=O) groups is 1. The van der Waals surface area contributed by atoms with E-state index in [0.717, 1.165) is 36.8 Å². The Labute approximate surface area is 131 Å². The molecule has 22 heavy (non-hydrogen) atoms. The summed E-state index contributed by atoms with van der Waals surface area (Å²) in [5.74, 6) is -0.285. The normalized spacial score (nSPS) is 22.6. The fraction of sp³-hybridized carbons (Fsp3) is 0.529. The average molecular weight is 301 g/mol. The first-order valence-electron chi connectivity index (χ1n) is 7.78. The van der Waals surface area contributed by atoms with E-state index in [-0.39, 0.29) is 24.5 Å². The first-order valence-corrected chi connectivity index (χ1v) is 7.78. The molecule has 0 saturated heterocycles. The minimum atomic E-state index is -0.554. The van der Waals surface area contributed by atoms with Gasteiger partial charge in [-0.3, -0.25) is 4.79 Å². The van der Waals surface area contributed by atoms with Crippen molar-refractivity contribution < 1.29 is 9.90 Å². The standard InChI is InChI=1S/C17H23N3O2/c18-10-14(9-12-5-7-13(11-21)8-6-12)20-17(22)15-3-1-2-4-16(15)19/h5-8,14-16,21H,1-4,9,11,19H2,(H,20,22)/t14?,15-,16+/m1/s1. The Morgan fingerprint density at radius 3 is 2.55 bits per heavy atom. The minimum absolute atomic E-state index is 0.00172. The second kappa shape index (κ2) is 7.92. The van der Waals surface area contributed by atoms with Gasteiger partial charge in [0.2, 0.25) is 5.91 Å². The van der Waals surface area contributed by atoms with Crippen molar-refractivity contribution in [2.75, 3.05) is 0 Å². The van der Waals surface area contributed by atoms with E-state index in [4.69, 9.17) is 10.8 Å². The van der Waals surface area contributed by atoms with Crippen molar-refractivity contribution in [2.24, 2.45) is 11.7 Å². The number of nitrogens with two attached hydrogens (primary N) is 1. The topological polar surface area (TPSA) is 99.1 Å². The highest BCUT2D eigenvalue weighted by atomic mass is 16.3. The number of nitriles is 1. The predicted molar refractivity (Wildman–Crippen MR) is 83.5 cm³/mol. The smallest absolute Gasteiger partial charge is 0.225 e. The van der Waals surface area contributed by atoms with Crippen LogP contribution in [0.1, 0.15) is 36.8 Å². The molecule has 1 unspecified atom stereocenters. The molecule has 3 atom stereocenters. The van der Waals surface area contributed by atoms with Crippen molar-refractivity contribution >= 4 is 5.91 Å². The quantitative estimate of drug-likeness (QED) is 0.762. The summed E-state index contributed by atoms with van der Waals surface area (Å²) in [5.41, 5.74) is 7.80. The largest absolute Gasteiger partial charge is 0.392 e. The predicted octanol–water partition coefficient (Wildman–Crippen LogP) is 1.25. The van der Waals surface area contributed by atoms with Crippen LogP contribution in [0.5, 0.6) is 0 Å². The number of nitrogens with zero attached hydrogens (tertiary/aromatic N) is 1. The highest BCUT2D eigenvalue weighted by molar-refractivity contribution is 5.80. The molecule has 1 saturated carbocycles. The fourth-order valence-electron chi connectivity index (χ4n) is 2.91. The summed E-state index contributed by atoms with van der Waals surface area (Å²) < 4.78 is 0. The van der Waals surface area contributed by atoms with Crippen molar-refractivity contribution in [3.8, 4) is 6.07 Å². The molecule has 0 aromatic heterocycles. The molecule has 0 radical (unpaired) electrons. The number of aliphatic hydroxyl groups is 1. The zero-order valence-electron chi connectivity index (χ0n) is 12.7. The number of hydrogen-bond acceptors (Lipinski definition) is 4. The molecule has 1 amide bonds. The van der Waals surface area contributed by atoms with E-state index in [1.165, 1.54) is 0 Å². The second-order valence-electron chi connectivity index (χ2n) is 5.92. The lowest BCUT2D eigenvalue weighted by molar-refractivity contribution is -0.126. The average Bonchev–Trinajstić information content (AvgIpc) is 2.55. The molecule has 1 aromatic carbocycles. The van der Waals surface area contributed by atoms with E-state index in [9.17, 15) is 10.1 Å². The maximum absolute atomic E-state index is 12.3. The van der Waals surface area contributed by atoms with E-state index >= 15 is 0 Å². The summed E-state index contributed by atoms with van der Waals surface area (Å²) in [7, 11) is 0. The Kier molecular flexibility index (Phi) is 5.93. The monoisotopic (exact) mass is 301 g/mol. The Hall–Kier alpha value is -1.90. The number of amides is 1. The van der Waals surface area contributed by atoms with Gasteiger partial charge in [-0.05, 0) is 24.0 Å². The third kappa shape index (κ3) is 4.30. The Bertz CT molecular complexity index is 536. The fourth-order valence-corrected chi connectivity index (χ4v) is 2.91. The van der Waals surface area contributed by atoms with Crippen LogP contribution >= 0.6 is 0 Å². The number of aliphatic hydroxyl groups excluding tert-OH is 1. The number of carbonyl (C=O) groups excluding carboxylic acids is 1. The lowest BCUT2D eigenvalue weighted by Crippen LogP contribution is -2.47. The molecule has 1 aromatic rings. The molecule has 4 N–H and O–H groups in total. The number of hydrogen-bond donors (Lipinski definition) is 3. The minimum Gasteiger partial charge on any atom is -0.392 e. The summed E-state index contributed by atoms with van der Waals surface area (Å²) in [6.07, 6.45) is 4.22. The Balaban J connectivity index is 1.93. The van der Waals surface area contributed by atoms with Crippen LogP contribution in [0.3, 0.4) is 0 Å². The molecule has 0 bridgehead atoms. The van der Waals surface area contributed by atoms with Gasteiger partial charge in [-0.2, -0.15) is 5.26 Å². The summed E-state index contributed by atoms with van der Waals surface area (Å²) in [5, 5.41) is 21.1. The van der Waals surface area contributed by atoms with E-state index in [1.54, 1.807) is 0 Å². The molecule has 1 aliphatic rings. The molecule has 0 spiro atoms. The van der Waals surface area contributed by atoms with Gasteiger partial charge in [-0.25, -0.2) is 0 Å². The van der Waals surface area contributed by atoms with Gasteiger partial charge in [0.1, 0.15) is 6.04 Å². The van der Waals surface area contributed by atoms with Crippen molar-refractivity contribution in [2.45, 2.75) is 50.8 Å². The van der Waals surface area contributed by atoms with Crippen LogP contribution in [-0.4, -0.2) is 23.1 Å². The first-order chi connectivity index (χ1) is 10.6. The molecular formula is C17H23N3O2. The number of rotatable bonds is 5. The summed E-state index contributed by atoms with van der Waals surface area (Å²) in [4.78, 5) is 12.3. The highest BCUT2D eigenvalue weighted by Gasteiger charge is 2.29. The Morgan fingerprint density at radius 2 is 1.95 bits per heavy atom. The number of nitrogens with one attached hydrogen (secondary N) is 1. The maximum atomic E-state index is 12.3. The molecule has 118 valence electrons. The lowest BCUT2D eigenvalue weighted by Gasteiger charge is -2.28. The molecule has 5 nitrogen and oxygen atoms in total. The van der Waals surface area contributed by atoms with Crippen LogP contribution in [0.4, 0.5) is 0 Å². The van der Waals surface area contributed by atoms with Gasteiger partial charge >= 0.3 is 0 Å². The second-order valence-corrected chi connectivity index (χ2v) is 5.92. The van der Waals surface area contributed by atoms with Gasteiger partial charge in [-0.1, -0.05) is 37.1 Å². The summed E-state index contributed by atoms with van der Waals surface area (Å²) in [6, 6.07) is 8.87. The van der Waals surface area contributed by atoms with Gasteiger partial charge in [-0.15, -0.1) is 0 Å². The van der Waals surface area contributed by atoms with Gasteiger partial charge in [0.15, 0.2) is 0 Å². The molecule has 2 rings (SSSR count). The third-order valence-electron chi connectivity index (χ3n) is 4.27. The highest BCUT2D eigenvalue weighted by Crippen LogP contribution is 2.23. The SMILES string of the molecule is N#CC(Cc1ccc(CO)cc1)NC(=O)[C@@H]1CCCC[C@@H]1N. The first kappa shape index (κ1) is 16.5. The van der Waals surface area contributed by atoms with E-state index in [0.29, 0.717) is 6.42 Å². The zero-order chi connectivity index (χ0) is 15.9. The van der Waals surface area contributed by atoms with E-state index in [1.807, 2.05) is 24.3 Å². The molecule has 0 aliphatic heterocycles. The van der Waals surface area contributed by atoms with Crippen molar-refractivity contribution in [3.63, 3.8) is 0 Å². The van der Waals surface area contributed by atoms with E-state index < -0.39 is 6.04 Å². The molecule has 1 aliphatic carbocycles. The molecular weight excluding hydrogens is 278 g/mol. The molecule has 5 heteroatoms. The zero-order valence-corrected chi connectivity index (χ0v) is 12.7.